The Hall–Kier alpha value is -0.960. The first-order valence-electron chi connectivity index (χ1n) is 5.25. The van der Waals surface area contributed by atoms with Crippen molar-refractivity contribution in [2.45, 2.75) is 32.3 Å². The number of nitrogens with two attached hydrogens (primary N) is 1. The number of hydrogen-bond donors (Lipinski definition) is 2. The van der Waals surface area contributed by atoms with Crippen molar-refractivity contribution in [3.63, 3.8) is 0 Å². The third kappa shape index (κ3) is 2.79. The van der Waals surface area contributed by atoms with Crippen molar-refractivity contribution in [3.8, 4) is 0 Å². The monoisotopic (exact) mass is 242 g/mol. The molecule has 0 spiro atoms. The molecule has 0 bridgehead atoms. The molecule has 0 amide bonds. The van der Waals surface area contributed by atoms with Gasteiger partial charge in [0.15, 0.2) is 5.60 Å². The van der Waals surface area contributed by atoms with Crippen molar-refractivity contribution in [1.29, 1.82) is 0 Å². The van der Waals surface area contributed by atoms with E-state index in [1.807, 2.05) is 26.0 Å². The number of nitrogen functional groups attached to an aromatic ring is 1. The molecule has 0 saturated carbocycles. The summed E-state index contributed by atoms with van der Waals surface area (Å²) in [7, 11) is -2.61. The molecule has 3 N–H and O–H groups in total. The maximum Gasteiger partial charge on any atom is 0.695 e. The van der Waals surface area contributed by atoms with E-state index >= 15 is 0 Å². The summed E-state index contributed by atoms with van der Waals surface area (Å²) >= 11 is 0. The molecule has 1 aromatic carbocycles. The second-order valence-electron chi connectivity index (χ2n) is 3.65. The lowest BCUT2D eigenvalue weighted by Crippen LogP contribution is -2.25. The molecule has 16 heavy (non-hydrogen) atoms. The number of anilines is 1. The molecule has 1 rings (SSSR count). The van der Waals surface area contributed by atoms with E-state index in [1.54, 1.807) is 12.1 Å². The molecular formula is C11H17NO3P+. The standard InChI is InChI=1S/C11H16NO3P/c1-3-11(4-2,15-16(13)14)9-5-7-10(12)8-6-9/h5-8H,3-4,12H2,1-2H3/p+1. The van der Waals surface area contributed by atoms with E-state index in [4.69, 9.17) is 15.2 Å². The van der Waals surface area contributed by atoms with Crippen LogP contribution in [-0.4, -0.2) is 4.89 Å². The lowest BCUT2D eigenvalue weighted by atomic mass is 9.88. The average molecular weight is 242 g/mol. The smallest absolute Gasteiger partial charge is 0.399 e. The van der Waals surface area contributed by atoms with Gasteiger partial charge in [0.1, 0.15) is 0 Å². The Morgan fingerprint density at radius 3 is 2.19 bits per heavy atom. The molecule has 0 saturated heterocycles. The van der Waals surface area contributed by atoms with Gasteiger partial charge in [0.05, 0.1) is 0 Å². The molecule has 0 aliphatic carbocycles. The summed E-state index contributed by atoms with van der Waals surface area (Å²) in [6.07, 6.45) is 1.27. The fourth-order valence-electron chi connectivity index (χ4n) is 1.78. The quantitative estimate of drug-likeness (QED) is 0.615. The summed E-state index contributed by atoms with van der Waals surface area (Å²) in [5.41, 5.74) is 6.45. The number of rotatable bonds is 5. The van der Waals surface area contributed by atoms with E-state index in [0.717, 1.165) is 5.56 Å². The van der Waals surface area contributed by atoms with Gasteiger partial charge in [-0.05, 0) is 30.5 Å². The van der Waals surface area contributed by atoms with Crippen LogP contribution in [0, 0.1) is 0 Å². The Balaban J connectivity index is 3.09. The zero-order valence-corrected chi connectivity index (χ0v) is 10.4. The molecule has 0 aliphatic rings. The minimum Gasteiger partial charge on any atom is -0.399 e. The van der Waals surface area contributed by atoms with E-state index in [2.05, 4.69) is 0 Å². The topological polar surface area (TPSA) is 72.5 Å². The first-order valence-corrected chi connectivity index (χ1v) is 6.38. The van der Waals surface area contributed by atoms with Crippen molar-refractivity contribution in [3.05, 3.63) is 29.8 Å². The molecule has 1 unspecified atom stereocenters. The largest absolute Gasteiger partial charge is 0.695 e. The van der Waals surface area contributed by atoms with Gasteiger partial charge in [-0.1, -0.05) is 26.0 Å². The maximum absolute atomic E-state index is 10.9. The minimum atomic E-state index is -2.61. The van der Waals surface area contributed by atoms with Crippen LogP contribution in [0.5, 0.6) is 0 Å². The molecule has 4 nitrogen and oxygen atoms in total. The highest BCUT2D eigenvalue weighted by Gasteiger charge is 2.38. The molecule has 88 valence electrons. The molecule has 0 heterocycles. The van der Waals surface area contributed by atoms with Gasteiger partial charge in [-0.25, -0.2) is 0 Å². The average Bonchev–Trinajstić information content (AvgIpc) is 2.27. The fourth-order valence-corrected chi connectivity index (χ4v) is 2.44. The molecule has 0 fully saturated rings. The highest BCUT2D eigenvalue weighted by molar-refractivity contribution is 7.32. The van der Waals surface area contributed by atoms with Crippen molar-refractivity contribution < 1.29 is 14.0 Å². The predicted molar refractivity (Wildman–Crippen MR) is 64.0 cm³/mol. The Bertz CT molecular complexity index is 360. The summed E-state index contributed by atoms with van der Waals surface area (Å²) in [6, 6.07) is 7.20. The van der Waals surface area contributed by atoms with E-state index in [9.17, 15) is 4.57 Å². The van der Waals surface area contributed by atoms with Crippen LogP contribution in [0.4, 0.5) is 5.69 Å². The predicted octanol–water partition coefficient (Wildman–Crippen LogP) is 2.95. The van der Waals surface area contributed by atoms with Crippen molar-refractivity contribution in [2.75, 3.05) is 5.73 Å². The third-order valence-electron chi connectivity index (χ3n) is 2.83. The van der Waals surface area contributed by atoms with Crippen LogP contribution in [0.25, 0.3) is 0 Å². The molecule has 0 radical (unpaired) electrons. The van der Waals surface area contributed by atoms with Crippen molar-refractivity contribution >= 4 is 13.9 Å². The molecule has 1 atom stereocenters. The van der Waals surface area contributed by atoms with Gasteiger partial charge in [-0.3, -0.25) is 0 Å². The molecule has 1 aromatic rings. The SMILES string of the molecule is CCC(CC)(O[P+](=O)O)c1ccc(N)cc1. The zero-order valence-electron chi connectivity index (χ0n) is 9.51. The van der Waals surface area contributed by atoms with Gasteiger partial charge in [-0.2, -0.15) is 0 Å². The van der Waals surface area contributed by atoms with Gasteiger partial charge >= 0.3 is 8.25 Å². The van der Waals surface area contributed by atoms with Gasteiger partial charge < -0.3 is 5.73 Å². The van der Waals surface area contributed by atoms with Gasteiger partial charge in [0.2, 0.25) is 0 Å². The van der Waals surface area contributed by atoms with Crippen molar-refractivity contribution in [1.82, 2.24) is 0 Å². The van der Waals surface area contributed by atoms with Crippen LogP contribution >= 0.6 is 8.25 Å². The van der Waals surface area contributed by atoms with E-state index in [-0.39, 0.29) is 0 Å². The van der Waals surface area contributed by atoms with Crippen LogP contribution < -0.4 is 5.73 Å². The maximum atomic E-state index is 10.9. The van der Waals surface area contributed by atoms with E-state index in [1.165, 1.54) is 0 Å². The summed E-state index contributed by atoms with van der Waals surface area (Å²) in [4.78, 5) is 8.93. The summed E-state index contributed by atoms with van der Waals surface area (Å²) in [5.74, 6) is 0. The molecule has 5 heteroatoms. The van der Waals surface area contributed by atoms with Crippen LogP contribution in [-0.2, 0) is 14.7 Å². The molecular weight excluding hydrogens is 225 g/mol. The Kier molecular flexibility index (Phi) is 4.42. The summed E-state index contributed by atoms with van der Waals surface area (Å²) in [5, 5.41) is 0. The summed E-state index contributed by atoms with van der Waals surface area (Å²) < 4.78 is 16.1. The lowest BCUT2D eigenvalue weighted by Gasteiger charge is -2.25. The lowest BCUT2D eigenvalue weighted by molar-refractivity contribution is 0.0536. The fraction of sp³-hybridized carbons (Fsp3) is 0.455. The van der Waals surface area contributed by atoms with Crippen LogP contribution in [0.15, 0.2) is 24.3 Å². The van der Waals surface area contributed by atoms with Crippen LogP contribution in [0.2, 0.25) is 0 Å². The summed E-state index contributed by atoms with van der Waals surface area (Å²) in [6.45, 7) is 3.86. The van der Waals surface area contributed by atoms with Gasteiger partial charge in [-0.15, -0.1) is 9.42 Å². The first kappa shape index (κ1) is 13.1. The first-order chi connectivity index (χ1) is 7.54. The third-order valence-corrected chi connectivity index (χ3v) is 3.34. The second-order valence-corrected chi connectivity index (χ2v) is 4.31. The second kappa shape index (κ2) is 5.39. The van der Waals surface area contributed by atoms with E-state index < -0.39 is 13.9 Å². The zero-order chi connectivity index (χ0) is 12.2. The Morgan fingerprint density at radius 1 is 1.31 bits per heavy atom. The highest BCUT2D eigenvalue weighted by Crippen LogP contribution is 2.40. The highest BCUT2D eigenvalue weighted by atomic mass is 31.1. The number of benzene rings is 1. The van der Waals surface area contributed by atoms with Crippen LogP contribution in [0.3, 0.4) is 0 Å². The Labute approximate surface area is 96.4 Å². The minimum absolute atomic E-state index is 0.634. The molecule has 0 aliphatic heterocycles. The van der Waals surface area contributed by atoms with E-state index in [0.29, 0.717) is 18.5 Å². The Morgan fingerprint density at radius 2 is 1.81 bits per heavy atom. The van der Waals surface area contributed by atoms with Crippen LogP contribution in [0.1, 0.15) is 32.3 Å². The van der Waals surface area contributed by atoms with Crippen molar-refractivity contribution in [2.24, 2.45) is 0 Å². The number of hydrogen-bond acceptors (Lipinski definition) is 3. The molecule has 0 aromatic heterocycles. The van der Waals surface area contributed by atoms with Gasteiger partial charge in [0, 0.05) is 10.3 Å². The normalized spacial score (nSPS) is 12.6. The van der Waals surface area contributed by atoms with Gasteiger partial charge in [0.25, 0.3) is 0 Å².